The maximum Gasteiger partial charge on any atom is 0.138 e. The van der Waals surface area contributed by atoms with Crippen molar-refractivity contribution in [2.45, 2.75) is 75.0 Å². The number of hydrogen-bond acceptors (Lipinski definition) is 3. The number of rotatable bonds is 6. The third-order valence-corrected chi connectivity index (χ3v) is 13.5. The van der Waals surface area contributed by atoms with Gasteiger partial charge in [0.2, 0.25) is 0 Å². The predicted molar refractivity (Wildman–Crippen MR) is 217 cm³/mol. The van der Waals surface area contributed by atoms with E-state index in [9.17, 15) is 0 Å². The first kappa shape index (κ1) is 30.9. The van der Waals surface area contributed by atoms with Crippen molar-refractivity contribution in [2.24, 2.45) is 0 Å². The van der Waals surface area contributed by atoms with Crippen LogP contribution in [0.4, 0.5) is 11.4 Å². The average molecular weight is 682 g/mol. The summed E-state index contributed by atoms with van der Waals surface area (Å²) in [6.07, 6.45) is 9.91. The highest BCUT2D eigenvalue weighted by Gasteiger charge is 2.27. The third-order valence-electron chi connectivity index (χ3n) is 12.3. The molecular formula is C48H43NOS. The summed E-state index contributed by atoms with van der Waals surface area (Å²) in [5, 5.41) is 8.99. The number of furan rings is 1. The molecule has 2 aromatic heterocycles. The molecule has 2 heterocycles. The van der Waals surface area contributed by atoms with Crippen LogP contribution < -0.4 is 5.32 Å². The Balaban J connectivity index is 0.751. The summed E-state index contributed by atoms with van der Waals surface area (Å²) in [4.78, 5) is 0. The normalized spacial score (nSPS) is 21.1. The number of nitrogens with one attached hydrogen (secondary N) is 1. The molecule has 0 spiro atoms. The van der Waals surface area contributed by atoms with Gasteiger partial charge in [-0.1, -0.05) is 97.1 Å². The van der Waals surface area contributed by atoms with Crippen molar-refractivity contribution < 1.29 is 4.42 Å². The quantitative estimate of drug-likeness (QED) is 0.189. The molecule has 252 valence electrons. The lowest BCUT2D eigenvalue weighted by atomic mass is 9.76. The molecule has 2 fully saturated rings. The molecule has 0 atom stereocenters. The van der Waals surface area contributed by atoms with E-state index >= 15 is 0 Å². The van der Waals surface area contributed by atoms with Crippen molar-refractivity contribution in [1.29, 1.82) is 0 Å². The van der Waals surface area contributed by atoms with Crippen LogP contribution in [-0.4, -0.2) is 0 Å². The van der Waals surface area contributed by atoms with Gasteiger partial charge in [-0.15, -0.1) is 11.3 Å². The van der Waals surface area contributed by atoms with Gasteiger partial charge in [0.1, 0.15) is 11.2 Å². The average Bonchev–Trinajstić information content (AvgIpc) is 3.78. The Kier molecular flexibility index (Phi) is 7.90. The zero-order chi connectivity index (χ0) is 33.7. The summed E-state index contributed by atoms with van der Waals surface area (Å²) < 4.78 is 9.29. The Bertz CT molecular complexity index is 2300. The maximum absolute atomic E-state index is 6.38. The van der Waals surface area contributed by atoms with Crippen LogP contribution >= 0.6 is 11.3 Å². The van der Waals surface area contributed by atoms with E-state index in [1.54, 1.807) is 5.56 Å². The van der Waals surface area contributed by atoms with Crippen LogP contribution in [0.1, 0.15) is 97.3 Å². The molecule has 2 aliphatic rings. The van der Waals surface area contributed by atoms with Gasteiger partial charge in [-0.05, 0) is 134 Å². The van der Waals surface area contributed by atoms with Crippen LogP contribution in [0.5, 0.6) is 0 Å². The number of hydrogen-bond donors (Lipinski definition) is 1. The minimum Gasteiger partial charge on any atom is -0.456 e. The molecule has 6 aromatic carbocycles. The fourth-order valence-electron chi connectivity index (χ4n) is 9.50. The van der Waals surface area contributed by atoms with Gasteiger partial charge in [0, 0.05) is 42.3 Å². The summed E-state index contributed by atoms with van der Waals surface area (Å²) in [6, 6.07) is 49.5. The highest BCUT2D eigenvalue weighted by Crippen LogP contribution is 2.46. The van der Waals surface area contributed by atoms with Crippen molar-refractivity contribution in [3.8, 4) is 0 Å². The summed E-state index contributed by atoms with van der Waals surface area (Å²) in [6.45, 7) is 0. The molecule has 3 heteroatoms. The first-order valence-corrected chi connectivity index (χ1v) is 19.8. The van der Waals surface area contributed by atoms with E-state index in [-0.39, 0.29) is 0 Å². The largest absolute Gasteiger partial charge is 0.456 e. The van der Waals surface area contributed by atoms with Crippen molar-refractivity contribution >= 4 is 64.8 Å². The molecule has 2 nitrogen and oxygen atoms in total. The molecule has 0 aliphatic heterocycles. The number of para-hydroxylation sites is 2. The minimum absolute atomic E-state index is 0.562. The lowest BCUT2D eigenvalue weighted by Crippen LogP contribution is -2.12. The van der Waals surface area contributed by atoms with Gasteiger partial charge < -0.3 is 9.73 Å². The second-order valence-corrected chi connectivity index (χ2v) is 16.2. The van der Waals surface area contributed by atoms with Crippen LogP contribution in [0.15, 0.2) is 138 Å². The second kappa shape index (κ2) is 13.0. The Morgan fingerprint density at radius 3 is 1.61 bits per heavy atom. The number of benzene rings is 6. The number of thiophene rings is 1. The summed E-state index contributed by atoms with van der Waals surface area (Å²) in [5.41, 5.74) is 10.3. The van der Waals surface area contributed by atoms with Crippen LogP contribution in [0.25, 0.3) is 42.1 Å². The van der Waals surface area contributed by atoms with Crippen LogP contribution in [0, 0.1) is 0 Å². The maximum atomic E-state index is 6.38. The van der Waals surface area contributed by atoms with E-state index in [4.69, 9.17) is 4.42 Å². The molecule has 2 saturated carbocycles. The number of fused-ring (bicyclic) bond motifs is 6. The van der Waals surface area contributed by atoms with E-state index in [0.29, 0.717) is 23.7 Å². The van der Waals surface area contributed by atoms with Crippen molar-refractivity contribution in [1.82, 2.24) is 0 Å². The van der Waals surface area contributed by atoms with Crippen molar-refractivity contribution in [3.05, 3.63) is 156 Å². The third kappa shape index (κ3) is 5.72. The molecule has 0 unspecified atom stereocenters. The Hall–Kier alpha value is -4.86. The fraction of sp³-hybridized carbons (Fsp3) is 0.250. The van der Waals surface area contributed by atoms with Gasteiger partial charge in [0.15, 0.2) is 0 Å². The molecule has 10 rings (SSSR count). The van der Waals surface area contributed by atoms with Gasteiger partial charge in [-0.25, -0.2) is 0 Å². The van der Waals surface area contributed by atoms with Crippen LogP contribution in [-0.2, 0) is 0 Å². The summed E-state index contributed by atoms with van der Waals surface area (Å²) >= 11 is 1.98. The second-order valence-electron chi connectivity index (χ2n) is 15.1. The molecule has 0 amide bonds. The summed E-state index contributed by atoms with van der Waals surface area (Å²) in [7, 11) is 0. The molecule has 0 bridgehead atoms. The molecule has 2 aliphatic carbocycles. The van der Waals surface area contributed by atoms with Crippen LogP contribution in [0.3, 0.4) is 0 Å². The van der Waals surface area contributed by atoms with E-state index < -0.39 is 0 Å². The van der Waals surface area contributed by atoms with Gasteiger partial charge in [-0.2, -0.15) is 0 Å². The van der Waals surface area contributed by atoms with E-state index in [0.717, 1.165) is 22.5 Å². The first-order valence-electron chi connectivity index (χ1n) is 19.0. The van der Waals surface area contributed by atoms with Gasteiger partial charge in [0.05, 0.1) is 0 Å². The summed E-state index contributed by atoms with van der Waals surface area (Å²) in [5.74, 6) is 2.50. The zero-order valence-electron chi connectivity index (χ0n) is 29.0. The van der Waals surface area contributed by atoms with Gasteiger partial charge in [-0.3, -0.25) is 0 Å². The SMILES string of the molecule is c1ccc2c(c1)oc1c(C3CCC(c4ccc(Nc5ccc(C6CCC(c7cccc8c7sc7ccccc78)CC6)cc5)cc4)CC3)cccc12. The Morgan fingerprint density at radius 1 is 0.431 bits per heavy atom. The topological polar surface area (TPSA) is 25.2 Å². The van der Waals surface area contributed by atoms with Crippen molar-refractivity contribution in [3.63, 3.8) is 0 Å². The smallest absolute Gasteiger partial charge is 0.138 e. The molecular weight excluding hydrogens is 639 g/mol. The standard InChI is InChI=1S/C48H43NOS/c1-3-13-45-41(7-1)43-11-5-9-39(47(43)50-45)35-19-15-31(16-20-35)33-23-27-37(28-24-33)49-38-29-25-34(26-30-38)32-17-21-36(22-18-32)40-10-6-12-44-42-8-2-4-14-46(42)51-48(40)44/h1-14,23-32,35-36,49H,15-22H2. The predicted octanol–water partition coefficient (Wildman–Crippen LogP) is 14.6. The lowest BCUT2D eigenvalue weighted by Gasteiger charge is -2.29. The molecule has 0 saturated heterocycles. The monoisotopic (exact) mass is 681 g/mol. The molecule has 0 radical (unpaired) electrons. The highest BCUT2D eigenvalue weighted by molar-refractivity contribution is 7.26. The molecule has 1 N–H and O–H groups in total. The fourth-order valence-corrected chi connectivity index (χ4v) is 10.8. The van der Waals surface area contributed by atoms with Crippen molar-refractivity contribution in [2.75, 3.05) is 5.32 Å². The molecule has 51 heavy (non-hydrogen) atoms. The van der Waals surface area contributed by atoms with E-state index in [1.807, 2.05) is 11.3 Å². The minimum atomic E-state index is 0.562. The molecule has 8 aromatic rings. The van der Waals surface area contributed by atoms with E-state index in [2.05, 4.69) is 139 Å². The van der Waals surface area contributed by atoms with Gasteiger partial charge >= 0.3 is 0 Å². The van der Waals surface area contributed by atoms with E-state index in [1.165, 1.54) is 99.0 Å². The lowest BCUT2D eigenvalue weighted by molar-refractivity contribution is 0.396. The van der Waals surface area contributed by atoms with Gasteiger partial charge in [0.25, 0.3) is 0 Å². The zero-order valence-corrected chi connectivity index (χ0v) is 29.8. The Morgan fingerprint density at radius 2 is 0.941 bits per heavy atom. The first-order chi connectivity index (χ1) is 25.2. The Labute approximate surface area is 304 Å². The number of anilines is 2. The highest BCUT2D eigenvalue weighted by atomic mass is 32.1. The van der Waals surface area contributed by atoms with Crippen LogP contribution in [0.2, 0.25) is 0 Å².